The summed E-state index contributed by atoms with van der Waals surface area (Å²) in [5.74, 6) is 0.658. The topological polar surface area (TPSA) is 70.2 Å². The van der Waals surface area contributed by atoms with E-state index in [9.17, 15) is 4.79 Å². The lowest BCUT2D eigenvalue weighted by atomic mass is 9.98. The SMILES string of the molecule is Cc1cc(C)nc(NCCC(=O)NCC(C)(C)N2CCCCC2)n1. The highest BCUT2D eigenvalue weighted by Crippen LogP contribution is 2.19. The summed E-state index contributed by atoms with van der Waals surface area (Å²) in [4.78, 5) is 23.2. The van der Waals surface area contributed by atoms with Crippen molar-refractivity contribution >= 4 is 11.9 Å². The molecule has 1 aromatic rings. The second-order valence-corrected chi connectivity index (χ2v) is 7.29. The van der Waals surface area contributed by atoms with E-state index in [-0.39, 0.29) is 11.4 Å². The number of carbonyl (C=O) groups excluding carboxylic acids is 1. The van der Waals surface area contributed by atoms with Gasteiger partial charge in [-0.3, -0.25) is 9.69 Å². The Morgan fingerprint density at radius 1 is 1.17 bits per heavy atom. The first-order valence-corrected chi connectivity index (χ1v) is 8.95. The molecule has 1 saturated heterocycles. The third-order valence-electron chi connectivity index (χ3n) is 4.55. The van der Waals surface area contributed by atoms with Gasteiger partial charge < -0.3 is 10.6 Å². The van der Waals surface area contributed by atoms with Crippen LogP contribution in [0, 0.1) is 13.8 Å². The summed E-state index contributed by atoms with van der Waals surface area (Å²) in [6, 6.07) is 1.93. The fourth-order valence-corrected chi connectivity index (χ4v) is 3.11. The van der Waals surface area contributed by atoms with Gasteiger partial charge in [0.05, 0.1) is 0 Å². The van der Waals surface area contributed by atoms with Crippen LogP contribution in [-0.4, -0.2) is 52.5 Å². The zero-order chi connectivity index (χ0) is 17.6. The molecule has 0 bridgehead atoms. The Kier molecular flexibility index (Phi) is 6.54. The maximum atomic E-state index is 12.1. The highest BCUT2D eigenvalue weighted by Gasteiger charge is 2.28. The Morgan fingerprint density at radius 3 is 2.42 bits per heavy atom. The van der Waals surface area contributed by atoms with Crippen molar-refractivity contribution in [2.75, 3.05) is 31.5 Å². The summed E-state index contributed by atoms with van der Waals surface area (Å²) in [6.45, 7) is 11.8. The number of aryl methyl sites for hydroxylation is 2. The summed E-state index contributed by atoms with van der Waals surface area (Å²) in [5.41, 5.74) is 1.87. The number of anilines is 1. The summed E-state index contributed by atoms with van der Waals surface area (Å²) in [7, 11) is 0. The van der Waals surface area contributed by atoms with Crippen LogP contribution in [-0.2, 0) is 4.79 Å². The fourth-order valence-electron chi connectivity index (χ4n) is 3.11. The van der Waals surface area contributed by atoms with Crippen LogP contribution in [0.4, 0.5) is 5.95 Å². The highest BCUT2D eigenvalue weighted by molar-refractivity contribution is 5.76. The number of hydrogen-bond acceptors (Lipinski definition) is 5. The van der Waals surface area contributed by atoms with Crippen molar-refractivity contribution in [1.82, 2.24) is 20.2 Å². The molecule has 2 N–H and O–H groups in total. The van der Waals surface area contributed by atoms with Gasteiger partial charge in [-0.25, -0.2) is 9.97 Å². The molecule has 0 unspecified atom stereocenters. The van der Waals surface area contributed by atoms with Gasteiger partial charge in [0.1, 0.15) is 0 Å². The van der Waals surface area contributed by atoms with Crippen LogP contribution in [0.15, 0.2) is 6.07 Å². The Labute approximate surface area is 145 Å². The number of rotatable bonds is 7. The van der Waals surface area contributed by atoms with E-state index in [0.29, 0.717) is 25.5 Å². The van der Waals surface area contributed by atoms with E-state index in [2.05, 4.69) is 39.3 Å². The quantitative estimate of drug-likeness (QED) is 0.801. The summed E-state index contributed by atoms with van der Waals surface area (Å²) in [5, 5.41) is 6.19. The molecule has 6 nitrogen and oxygen atoms in total. The molecule has 6 heteroatoms. The average Bonchev–Trinajstić information content (AvgIpc) is 2.53. The van der Waals surface area contributed by atoms with Crippen molar-refractivity contribution in [1.29, 1.82) is 0 Å². The molecule has 0 spiro atoms. The van der Waals surface area contributed by atoms with Gasteiger partial charge in [0.25, 0.3) is 0 Å². The standard InChI is InChI=1S/C18H31N5O/c1-14-12-15(2)22-17(21-14)19-9-8-16(24)20-13-18(3,4)23-10-6-5-7-11-23/h12H,5-11,13H2,1-4H3,(H,20,24)(H,19,21,22). The van der Waals surface area contributed by atoms with Gasteiger partial charge in [-0.15, -0.1) is 0 Å². The molecule has 1 aliphatic rings. The van der Waals surface area contributed by atoms with E-state index in [1.54, 1.807) is 0 Å². The van der Waals surface area contributed by atoms with Gasteiger partial charge in [-0.1, -0.05) is 6.42 Å². The molecule has 1 aromatic heterocycles. The van der Waals surface area contributed by atoms with Crippen molar-refractivity contribution in [2.45, 2.75) is 58.9 Å². The maximum absolute atomic E-state index is 12.1. The predicted octanol–water partition coefficient (Wildman–Crippen LogP) is 2.28. The zero-order valence-corrected chi connectivity index (χ0v) is 15.5. The molecule has 134 valence electrons. The number of likely N-dealkylation sites (tertiary alicyclic amines) is 1. The number of nitrogens with one attached hydrogen (secondary N) is 2. The molecule has 1 aliphatic heterocycles. The minimum Gasteiger partial charge on any atom is -0.354 e. The molecule has 0 radical (unpaired) electrons. The third-order valence-corrected chi connectivity index (χ3v) is 4.55. The Bertz CT molecular complexity index is 532. The van der Waals surface area contributed by atoms with Gasteiger partial charge in [0, 0.05) is 36.4 Å². The normalized spacial score (nSPS) is 16.0. The van der Waals surface area contributed by atoms with Crippen molar-refractivity contribution in [2.24, 2.45) is 0 Å². The van der Waals surface area contributed by atoms with Crippen LogP contribution < -0.4 is 10.6 Å². The molecule has 2 heterocycles. The third kappa shape index (κ3) is 5.74. The van der Waals surface area contributed by atoms with E-state index in [1.165, 1.54) is 19.3 Å². The molecule has 0 aliphatic carbocycles. The Morgan fingerprint density at radius 2 is 1.79 bits per heavy atom. The smallest absolute Gasteiger partial charge is 0.223 e. The monoisotopic (exact) mass is 333 g/mol. The van der Waals surface area contributed by atoms with Crippen LogP contribution in [0.2, 0.25) is 0 Å². The number of aromatic nitrogens is 2. The maximum Gasteiger partial charge on any atom is 0.223 e. The van der Waals surface area contributed by atoms with Gasteiger partial charge in [-0.2, -0.15) is 0 Å². The largest absolute Gasteiger partial charge is 0.354 e. The average molecular weight is 333 g/mol. The second-order valence-electron chi connectivity index (χ2n) is 7.29. The number of piperidine rings is 1. The van der Waals surface area contributed by atoms with Gasteiger partial charge in [-0.05, 0) is 59.7 Å². The zero-order valence-electron chi connectivity index (χ0n) is 15.5. The van der Waals surface area contributed by atoms with Gasteiger partial charge >= 0.3 is 0 Å². The Balaban J connectivity index is 1.71. The number of hydrogen-bond donors (Lipinski definition) is 2. The highest BCUT2D eigenvalue weighted by atomic mass is 16.1. The van der Waals surface area contributed by atoms with Gasteiger partial charge in [0.2, 0.25) is 11.9 Å². The molecule has 0 atom stereocenters. The van der Waals surface area contributed by atoms with Crippen LogP contribution >= 0.6 is 0 Å². The van der Waals surface area contributed by atoms with E-state index in [0.717, 1.165) is 24.5 Å². The molecule has 1 fully saturated rings. The molecule has 24 heavy (non-hydrogen) atoms. The Hall–Kier alpha value is -1.69. The summed E-state index contributed by atoms with van der Waals surface area (Å²) >= 11 is 0. The predicted molar refractivity (Wildman–Crippen MR) is 97.1 cm³/mol. The fraction of sp³-hybridized carbons (Fsp3) is 0.722. The number of carbonyl (C=O) groups is 1. The molecular formula is C18H31N5O. The first kappa shape index (κ1) is 18.6. The molecule has 0 saturated carbocycles. The lowest BCUT2D eigenvalue weighted by molar-refractivity contribution is -0.121. The van der Waals surface area contributed by atoms with Crippen molar-refractivity contribution in [3.8, 4) is 0 Å². The number of nitrogens with zero attached hydrogens (tertiary/aromatic N) is 3. The summed E-state index contributed by atoms with van der Waals surface area (Å²) in [6.07, 6.45) is 4.27. The first-order valence-electron chi connectivity index (χ1n) is 8.95. The second kappa shape index (κ2) is 8.42. The first-order chi connectivity index (χ1) is 11.4. The minimum absolute atomic E-state index is 0.0142. The lowest BCUT2D eigenvalue weighted by Gasteiger charge is -2.41. The van der Waals surface area contributed by atoms with Crippen LogP contribution in [0.1, 0.15) is 50.9 Å². The summed E-state index contributed by atoms with van der Waals surface area (Å²) < 4.78 is 0. The minimum atomic E-state index is 0.0142. The molecule has 2 rings (SSSR count). The van der Waals surface area contributed by atoms with Crippen molar-refractivity contribution in [3.05, 3.63) is 17.5 Å². The van der Waals surface area contributed by atoms with Crippen LogP contribution in [0.3, 0.4) is 0 Å². The van der Waals surface area contributed by atoms with Gasteiger partial charge in [0.15, 0.2) is 0 Å². The van der Waals surface area contributed by atoms with E-state index >= 15 is 0 Å². The van der Waals surface area contributed by atoms with Crippen LogP contribution in [0.5, 0.6) is 0 Å². The van der Waals surface area contributed by atoms with E-state index < -0.39 is 0 Å². The van der Waals surface area contributed by atoms with E-state index in [1.807, 2.05) is 19.9 Å². The van der Waals surface area contributed by atoms with Crippen LogP contribution in [0.25, 0.3) is 0 Å². The molecule has 1 amide bonds. The van der Waals surface area contributed by atoms with Crippen molar-refractivity contribution < 1.29 is 4.79 Å². The van der Waals surface area contributed by atoms with E-state index in [4.69, 9.17) is 0 Å². The lowest BCUT2D eigenvalue weighted by Crippen LogP contribution is -2.53. The molecular weight excluding hydrogens is 302 g/mol. The van der Waals surface area contributed by atoms with Crippen molar-refractivity contribution in [3.63, 3.8) is 0 Å². The molecule has 0 aromatic carbocycles. The number of amides is 1.